The Morgan fingerprint density at radius 2 is 1.93 bits per heavy atom. The third-order valence-electron chi connectivity index (χ3n) is 5.46. The van der Waals surface area contributed by atoms with Crippen LogP contribution in [-0.4, -0.2) is 84.6 Å². The molecule has 4 heterocycles. The first-order chi connectivity index (χ1) is 14.2. The number of hydrogen-bond acceptors (Lipinski definition) is 6. The summed E-state index contributed by atoms with van der Waals surface area (Å²) in [5.41, 5.74) is 1.38. The van der Waals surface area contributed by atoms with E-state index in [1.807, 2.05) is 4.90 Å². The highest BCUT2D eigenvalue weighted by atomic mass is 32.1. The minimum Gasteiger partial charge on any atom is -0.475 e. The summed E-state index contributed by atoms with van der Waals surface area (Å²) >= 11 is 1.75. The second-order valence-corrected chi connectivity index (χ2v) is 8.33. The van der Waals surface area contributed by atoms with Gasteiger partial charge in [0.15, 0.2) is 0 Å². The molecule has 30 heavy (non-hydrogen) atoms. The Bertz CT molecular complexity index is 710. The van der Waals surface area contributed by atoms with Crippen molar-refractivity contribution in [1.29, 1.82) is 0 Å². The number of alkyl halides is 3. The fourth-order valence-corrected chi connectivity index (χ4v) is 4.59. The summed E-state index contributed by atoms with van der Waals surface area (Å²) < 4.78 is 43.2. The standard InChI is InChI=1S/C17H24N2O3S.C2HF3O2/c20-17(19-4-6-21-7-5-19)15-9-14-1-3-18(11-16(14)22-15)10-13-2-8-23-12-13;3-2(4,5)1(6)7/h2,8,12,14-16H,1,3-7,9-11H2;(H,6,7)/t14-,15-,16-;/m0./s1. The Labute approximate surface area is 176 Å². The van der Waals surface area contributed by atoms with E-state index in [0.717, 1.165) is 32.5 Å². The third kappa shape index (κ3) is 6.16. The number of halogens is 3. The monoisotopic (exact) mass is 450 g/mol. The Morgan fingerprint density at radius 1 is 1.23 bits per heavy atom. The number of aliphatic carboxylic acids is 1. The fraction of sp³-hybridized carbons (Fsp3) is 0.684. The number of carbonyl (C=O) groups is 2. The Kier molecular flexibility index (Phi) is 7.72. The minimum atomic E-state index is -5.08. The molecule has 0 unspecified atom stereocenters. The van der Waals surface area contributed by atoms with Crippen LogP contribution in [0.2, 0.25) is 0 Å². The number of rotatable bonds is 3. The Balaban J connectivity index is 0.000000318. The maximum atomic E-state index is 12.6. The van der Waals surface area contributed by atoms with Crippen molar-refractivity contribution in [2.24, 2.45) is 5.92 Å². The second kappa shape index (κ2) is 10.1. The summed E-state index contributed by atoms with van der Waals surface area (Å²) in [5.74, 6) is -2.04. The van der Waals surface area contributed by atoms with Crippen LogP contribution in [0.5, 0.6) is 0 Å². The predicted octanol–water partition coefficient (Wildman–Crippen LogP) is 2.22. The number of likely N-dealkylation sites (tertiary alicyclic amines) is 1. The molecule has 3 fully saturated rings. The quantitative estimate of drug-likeness (QED) is 0.761. The molecule has 0 aliphatic carbocycles. The molecule has 168 valence electrons. The molecular weight excluding hydrogens is 425 g/mol. The zero-order chi connectivity index (χ0) is 21.7. The Morgan fingerprint density at radius 3 is 2.53 bits per heavy atom. The zero-order valence-electron chi connectivity index (χ0n) is 16.3. The van der Waals surface area contributed by atoms with E-state index in [1.165, 1.54) is 5.56 Å². The molecule has 0 bridgehead atoms. The first kappa shape index (κ1) is 23.0. The van der Waals surface area contributed by atoms with Crippen molar-refractivity contribution in [3.63, 3.8) is 0 Å². The van der Waals surface area contributed by atoms with Crippen LogP contribution in [0, 0.1) is 5.92 Å². The normalized spacial score (nSPS) is 27.2. The van der Waals surface area contributed by atoms with E-state index in [0.29, 0.717) is 32.2 Å². The summed E-state index contributed by atoms with van der Waals surface area (Å²) in [6.07, 6.45) is -3.06. The summed E-state index contributed by atoms with van der Waals surface area (Å²) in [5, 5.41) is 11.5. The third-order valence-corrected chi connectivity index (χ3v) is 6.19. The topological polar surface area (TPSA) is 79.3 Å². The Hall–Kier alpha value is -1.69. The van der Waals surface area contributed by atoms with Crippen LogP contribution in [-0.2, 0) is 25.6 Å². The van der Waals surface area contributed by atoms with Crippen LogP contribution in [0.3, 0.4) is 0 Å². The van der Waals surface area contributed by atoms with Gasteiger partial charge in [0, 0.05) is 26.2 Å². The van der Waals surface area contributed by atoms with Crippen LogP contribution < -0.4 is 0 Å². The van der Waals surface area contributed by atoms with E-state index >= 15 is 0 Å². The molecule has 0 saturated carbocycles. The molecule has 3 aliphatic heterocycles. The van der Waals surface area contributed by atoms with E-state index in [1.54, 1.807) is 11.3 Å². The van der Waals surface area contributed by atoms with Crippen molar-refractivity contribution in [2.75, 3.05) is 39.4 Å². The van der Waals surface area contributed by atoms with Gasteiger partial charge >= 0.3 is 12.1 Å². The summed E-state index contributed by atoms with van der Waals surface area (Å²) in [6, 6.07) is 2.19. The van der Waals surface area contributed by atoms with Gasteiger partial charge in [-0.1, -0.05) is 0 Å². The second-order valence-electron chi connectivity index (χ2n) is 7.55. The lowest BCUT2D eigenvalue weighted by Crippen LogP contribution is -2.46. The number of piperidine rings is 1. The van der Waals surface area contributed by atoms with Gasteiger partial charge in [-0.05, 0) is 47.7 Å². The smallest absolute Gasteiger partial charge is 0.475 e. The van der Waals surface area contributed by atoms with Crippen molar-refractivity contribution in [1.82, 2.24) is 9.80 Å². The van der Waals surface area contributed by atoms with Crippen molar-refractivity contribution in [3.8, 4) is 0 Å². The molecule has 3 atom stereocenters. The number of carboxylic acids is 1. The van der Waals surface area contributed by atoms with Crippen molar-refractivity contribution >= 4 is 23.2 Å². The predicted molar refractivity (Wildman–Crippen MR) is 102 cm³/mol. The number of amides is 1. The SMILES string of the molecule is O=C(O)C(F)(F)F.O=C([C@@H]1C[C@@H]2CCN(Cc3ccsc3)C[C@@H]2O1)N1CCOCC1. The van der Waals surface area contributed by atoms with Gasteiger partial charge in [0.2, 0.25) is 0 Å². The summed E-state index contributed by atoms with van der Waals surface area (Å²) in [6.45, 7) is 5.78. The molecule has 1 aromatic rings. The van der Waals surface area contributed by atoms with Crippen molar-refractivity contribution < 1.29 is 37.3 Å². The number of nitrogens with zero attached hydrogens (tertiary/aromatic N) is 2. The zero-order valence-corrected chi connectivity index (χ0v) is 17.2. The van der Waals surface area contributed by atoms with E-state index in [-0.39, 0.29) is 18.1 Å². The number of ether oxygens (including phenoxy) is 2. The van der Waals surface area contributed by atoms with Gasteiger partial charge in [-0.2, -0.15) is 24.5 Å². The van der Waals surface area contributed by atoms with Crippen LogP contribution in [0.1, 0.15) is 18.4 Å². The maximum absolute atomic E-state index is 12.6. The lowest BCUT2D eigenvalue weighted by Gasteiger charge is -2.33. The van der Waals surface area contributed by atoms with Gasteiger partial charge in [0.25, 0.3) is 5.91 Å². The van der Waals surface area contributed by atoms with E-state index < -0.39 is 12.1 Å². The van der Waals surface area contributed by atoms with Gasteiger partial charge < -0.3 is 19.5 Å². The highest BCUT2D eigenvalue weighted by Crippen LogP contribution is 2.34. The molecule has 3 aliphatic rings. The average Bonchev–Trinajstić information content (AvgIpc) is 3.37. The molecule has 3 saturated heterocycles. The first-order valence-corrected chi connectivity index (χ1v) is 10.7. The lowest BCUT2D eigenvalue weighted by molar-refractivity contribution is -0.192. The average molecular weight is 450 g/mol. The van der Waals surface area contributed by atoms with Gasteiger partial charge in [0.05, 0.1) is 19.3 Å². The maximum Gasteiger partial charge on any atom is 0.490 e. The number of morpholine rings is 1. The van der Waals surface area contributed by atoms with Gasteiger partial charge in [0.1, 0.15) is 6.10 Å². The van der Waals surface area contributed by atoms with Crippen LogP contribution in [0.15, 0.2) is 16.8 Å². The van der Waals surface area contributed by atoms with Crippen molar-refractivity contribution in [2.45, 2.75) is 37.8 Å². The highest BCUT2D eigenvalue weighted by molar-refractivity contribution is 7.07. The molecule has 1 amide bonds. The van der Waals surface area contributed by atoms with E-state index in [9.17, 15) is 18.0 Å². The minimum absolute atomic E-state index is 0.173. The number of carboxylic acid groups (broad SMARTS) is 1. The molecular formula is C19H25F3N2O5S. The number of hydrogen-bond donors (Lipinski definition) is 1. The molecule has 0 spiro atoms. The molecule has 7 nitrogen and oxygen atoms in total. The molecule has 0 radical (unpaired) electrons. The first-order valence-electron chi connectivity index (χ1n) is 9.79. The fourth-order valence-electron chi connectivity index (χ4n) is 3.93. The van der Waals surface area contributed by atoms with Crippen LogP contribution in [0.25, 0.3) is 0 Å². The number of fused-ring (bicyclic) bond motifs is 1. The van der Waals surface area contributed by atoms with Crippen LogP contribution in [0.4, 0.5) is 13.2 Å². The van der Waals surface area contributed by atoms with Crippen molar-refractivity contribution in [3.05, 3.63) is 22.4 Å². The van der Waals surface area contributed by atoms with Crippen LogP contribution >= 0.6 is 11.3 Å². The lowest BCUT2D eigenvalue weighted by atomic mass is 9.91. The van der Waals surface area contributed by atoms with E-state index in [4.69, 9.17) is 19.4 Å². The highest BCUT2D eigenvalue weighted by Gasteiger charge is 2.43. The molecule has 11 heteroatoms. The largest absolute Gasteiger partial charge is 0.490 e. The summed E-state index contributed by atoms with van der Waals surface area (Å²) in [4.78, 5) is 25.9. The molecule has 0 aromatic carbocycles. The summed E-state index contributed by atoms with van der Waals surface area (Å²) in [7, 11) is 0. The molecule has 4 rings (SSSR count). The van der Waals surface area contributed by atoms with Gasteiger partial charge in [-0.15, -0.1) is 0 Å². The van der Waals surface area contributed by atoms with Gasteiger partial charge in [-0.25, -0.2) is 4.79 Å². The van der Waals surface area contributed by atoms with Gasteiger partial charge in [-0.3, -0.25) is 9.69 Å². The number of thiophene rings is 1. The molecule has 1 N–H and O–H groups in total. The number of carbonyl (C=O) groups excluding carboxylic acids is 1. The van der Waals surface area contributed by atoms with E-state index in [2.05, 4.69) is 21.7 Å². The molecule has 1 aromatic heterocycles.